The molecule has 2 nitrogen and oxygen atoms in total. The van der Waals surface area contributed by atoms with E-state index < -0.39 is 12.7 Å². The standard InChI is InChI=1S/C13H25F3N2/c1-2-3-4-5-10-18(11-13(14,15)16)12-6-8-17-9-7-12/h12,17H,2-11H2,1H3. The van der Waals surface area contributed by atoms with Gasteiger partial charge in [0.2, 0.25) is 0 Å². The molecular weight excluding hydrogens is 241 g/mol. The third-order valence-corrected chi connectivity index (χ3v) is 3.51. The number of unbranched alkanes of at least 4 members (excludes halogenated alkanes) is 3. The molecule has 0 aliphatic carbocycles. The third kappa shape index (κ3) is 6.59. The van der Waals surface area contributed by atoms with E-state index in [1.807, 2.05) is 0 Å². The number of piperidine rings is 1. The fourth-order valence-electron chi connectivity index (χ4n) is 2.53. The average Bonchev–Trinajstić information content (AvgIpc) is 2.33. The zero-order valence-electron chi connectivity index (χ0n) is 11.2. The lowest BCUT2D eigenvalue weighted by Crippen LogP contribution is -2.47. The summed E-state index contributed by atoms with van der Waals surface area (Å²) in [5.74, 6) is 0. The molecule has 0 aromatic heterocycles. The highest BCUT2D eigenvalue weighted by Crippen LogP contribution is 2.21. The first kappa shape index (κ1) is 15.8. The Balaban J connectivity index is 2.40. The zero-order chi connectivity index (χ0) is 13.4. The Labute approximate surface area is 108 Å². The maximum Gasteiger partial charge on any atom is 0.401 e. The highest BCUT2D eigenvalue weighted by atomic mass is 19.4. The minimum absolute atomic E-state index is 0.106. The van der Waals surface area contributed by atoms with Crippen molar-refractivity contribution in [2.24, 2.45) is 0 Å². The van der Waals surface area contributed by atoms with E-state index >= 15 is 0 Å². The molecular formula is C13H25F3N2. The Hall–Kier alpha value is -0.290. The quantitative estimate of drug-likeness (QED) is 0.712. The summed E-state index contributed by atoms with van der Waals surface area (Å²) in [5.41, 5.74) is 0. The van der Waals surface area contributed by atoms with Crippen molar-refractivity contribution < 1.29 is 13.2 Å². The predicted molar refractivity (Wildman–Crippen MR) is 67.7 cm³/mol. The van der Waals surface area contributed by atoms with Crippen LogP contribution in [0.1, 0.15) is 45.4 Å². The van der Waals surface area contributed by atoms with Crippen molar-refractivity contribution in [3.05, 3.63) is 0 Å². The van der Waals surface area contributed by atoms with Crippen LogP contribution >= 0.6 is 0 Å². The van der Waals surface area contributed by atoms with Crippen molar-refractivity contribution in [2.75, 3.05) is 26.2 Å². The lowest BCUT2D eigenvalue weighted by atomic mass is 10.0. The molecule has 0 saturated carbocycles. The van der Waals surface area contributed by atoms with Gasteiger partial charge in [-0.3, -0.25) is 4.90 Å². The summed E-state index contributed by atoms with van der Waals surface area (Å²) >= 11 is 0. The second kappa shape index (κ2) is 8.00. The van der Waals surface area contributed by atoms with Crippen LogP contribution in [0.15, 0.2) is 0 Å². The summed E-state index contributed by atoms with van der Waals surface area (Å²) in [5, 5.41) is 3.20. The Morgan fingerprint density at radius 3 is 2.33 bits per heavy atom. The van der Waals surface area contributed by atoms with Gasteiger partial charge in [-0.25, -0.2) is 0 Å². The summed E-state index contributed by atoms with van der Waals surface area (Å²) in [6.07, 6.45) is 1.76. The number of nitrogens with zero attached hydrogens (tertiary/aromatic N) is 1. The number of halogens is 3. The maximum absolute atomic E-state index is 12.6. The Bertz CT molecular complexity index is 213. The van der Waals surface area contributed by atoms with E-state index in [4.69, 9.17) is 0 Å². The van der Waals surface area contributed by atoms with Gasteiger partial charge in [0.05, 0.1) is 6.54 Å². The topological polar surface area (TPSA) is 15.3 Å². The van der Waals surface area contributed by atoms with Crippen LogP contribution in [0, 0.1) is 0 Å². The molecule has 0 radical (unpaired) electrons. The van der Waals surface area contributed by atoms with Gasteiger partial charge in [0.15, 0.2) is 0 Å². The molecule has 0 atom stereocenters. The minimum Gasteiger partial charge on any atom is -0.317 e. The number of nitrogens with one attached hydrogen (secondary N) is 1. The second-order valence-corrected chi connectivity index (χ2v) is 5.13. The van der Waals surface area contributed by atoms with Crippen LogP contribution < -0.4 is 5.32 Å². The van der Waals surface area contributed by atoms with Gasteiger partial charge in [-0.2, -0.15) is 13.2 Å². The molecule has 1 aliphatic heterocycles. The van der Waals surface area contributed by atoms with Crippen molar-refractivity contribution in [1.29, 1.82) is 0 Å². The summed E-state index contributed by atoms with van der Waals surface area (Å²) in [6, 6.07) is 0.106. The molecule has 1 fully saturated rings. The van der Waals surface area contributed by atoms with Crippen LogP contribution in [0.5, 0.6) is 0 Å². The van der Waals surface area contributed by atoms with Crippen molar-refractivity contribution in [3.63, 3.8) is 0 Å². The first-order valence-electron chi connectivity index (χ1n) is 7.04. The van der Waals surface area contributed by atoms with Crippen LogP contribution in [0.4, 0.5) is 13.2 Å². The molecule has 1 aliphatic rings. The molecule has 0 amide bonds. The molecule has 108 valence electrons. The van der Waals surface area contributed by atoms with Crippen molar-refractivity contribution in [3.8, 4) is 0 Å². The van der Waals surface area contributed by atoms with Gasteiger partial charge in [-0.15, -0.1) is 0 Å². The van der Waals surface area contributed by atoms with Gasteiger partial charge in [-0.05, 0) is 38.9 Å². The first-order valence-corrected chi connectivity index (χ1v) is 7.04. The van der Waals surface area contributed by atoms with Crippen molar-refractivity contribution in [2.45, 2.75) is 57.7 Å². The van der Waals surface area contributed by atoms with E-state index in [0.29, 0.717) is 6.54 Å². The van der Waals surface area contributed by atoms with Gasteiger partial charge >= 0.3 is 6.18 Å². The average molecular weight is 266 g/mol. The van der Waals surface area contributed by atoms with Gasteiger partial charge < -0.3 is 5.32 Å². The second-order valence-electron chi connectivity index (χ2n) is 5.13. The van der Waals surface area contributed by atoms with Crippen molar-refractivity contribution >= 4 is 0 Å². The lowest BCUT2D eigenvalue weighted by molar-refractivity contribution is -0.152. The number of alkyl halides is 3. The first-order chi connectivity index (χ1) is 8.53. The molecule has 0 aromatic carbocycles. The normalized spacial score (nSPS) is 18.5. The fraction of sp³-hybridized carbons (Fsp3) is 1.00. The molecule has 0 aromatic rings. The summed E-state index contributed by atoms with van der Waals surface area (Å²) in [7, 11) is 0. The van der Waals surface area contributed by atoms with Crippen molar-refractivity contribution in [1.82, 2.24) is 10.2 Å². The van der Waals surface area contributed by atoms with Gasteiger partial charge in [0, 0.05) is 6.04 Å². The van der Waals surface area contributed by atoms with Gasteiger partial charge in [0.1, 0.15) is 0 Å². The zero-order valence-corrected chi connectivity index (χ0v) is 11.2. The molecule has 0 spiro atoms. The molecule has 0 bridgehead atoms. The van der Waals surface area contributed by atoms with Crippen LogP contribution in [0.25, 0.3) is 0 Å². The lowest BCUT2D eigenvalue weighted by Gasteiger charge is -2.35. The summed E-state index contributed by atoms with van der Waals surface area (Å²) in [4.78, 5) is 1.65. The largest absolute Gasteiger partial charge is 0.401 e. The Kier molecular flexibility index (Phi) is 7.00. The van der Waals surface area contributed by atoms with Gasteiger partial charge in [0.25, 0.3) is 0 Å². The summed E-state index contributed by atoms with van der Waals surface area (Å²) < 4.78 is 37.7. The minimum atomic E-state index is -4.07. The predicted octanol–water partition coefficient (Wildman–Crippen LogP) is 3.18. The molecule has 1 rings (SSSR count). The van der Waals surface area contributed by atoms with E-state index in [1.165, 1.54) is 0 Å². The monoisotopic (exact) mass is 266 g/mol. The highest BCUT2D eigenvalue weighted by Gasteiger charge is 2.33. The molecule has 1 N–H and O–H groups in total. The number of hydrogen-bond acceptors (Lipinski definition) is 2. The third-order valence-electron chi connectivity index (χ3n) is 3.51. The Morgan fingerprint density at radius 1 is 1.11 bits per heavy atom. The van der Waals surface area contributed by atoms with E-state index in [-0.39, 0.29) is 6.04 Å². The van der Waals surface area contributed by atoms with Gasteiger partial charge in [-0.1, -0.05) is 26.2 Å². The van der Waals surface area contributed by atoms with Crippen LogP contribution in [0.3, 0.4) is 0 Å². The fourth-order valence-corrected chi connectivity index (χ4v) is 2.53. The molecule has 1 saturated heterocycles. The highest BCUT2D eigenvalue weighted by molar-refractivity contribution is 4.79. The van der Waals surface area contributed by atoms with E-state index in [2.05, 4.69) is 12.2 Å². The Morgan fingerprint density at radius 2 is 1.78 bits per heavy atom. The van der Waals surface area contributed by atoms with Crippen LogP contribution in [-0.2, 0) is 0 Å². The van der Waals surface area contributed by atoms with E-state index in [9.17, 15) is 13.2 Å². The molecule has 0 unspecified atom stereocenters. The SMILES string of the molecule is CCCCCCN(CC(F)(F)F)C1CCNCC1. The van der Waals surface area contributed by atoms with E-state index in [0.717, 1.165) is 51.6 Å². The molecule has 18 heavy (non-hydrogen) atoms. The van der Waals surface area contributed by atoms with Crippen LogP contribution in [0.2, 0.25) is 0 Å². The summed E-state index contributed by atoms with van der Waals surface area (Å²) in [6.45, 7) is 3.64. The van der Waals surface area contributed by atoms with Crippen LogP contribution in [-0.4, -0.2) is 43.3 Å². The smallest absolute Gasteiger partial charge is 0.317 e. The molecule has 1 heterocycles. The number of hydrogen-bond donors (Lipinski definition) is 1. The number of rotatable bonds is 7. The maximum atomic E-state index is 12.6. The van der Waals surface area contributed by atoms with E-state index in [1.54, 1.807) is 4.90 Å². The molecule has 5 heteroatoms.